The number of hydrogen-bond acceptors (Lipinski definition) is 2. The molecule has 3 heteroatoms. The topological polar surface area (TPSA) is 20.3 Å². The lowest BCUT2D eigenvalue weighted by molar-refractivity contribution is 0.0740. The van der Waals surface area contributed by atoms with Gasteiger partial charge < -0.3 is 4.90 Å². The second-order valence-electron chi connectivity index (χ2n) is 3.72. The van der Waals surface area contributed by atoms with E-state index in [0.29, 0.717) is 0 Å². The molecule has 0 radical (unpaired) electrons. The van der Waals surface area contributed by atoms with Crippen molar-refractivity contribution in [3.05, 3.63) is 29.8 Å². The largest absolute Gasteiger partial charge is 0.339 e. The Morgan fingerprint density at radius 2 is 1.93 bits per heavy atom. The molecule has 0 saturated heterocycles. The Morgan fingerprint density at radius 1 is 1.40 bits per heavy atom. The molecule has 0 aliphatic carbocycles. The van der Waals surface area contributed by atoms with Gasteiger partial charge in [-0.2, -0.15) is 0 Å². The second kappa shape index (κ2) is 5.21. The van der Waals surface area contributed by atoms with Gasteiger partial charge in [-0.15, -0.1) is 12.6 Å². The van der Waals surface area contributed by atoms with E-state index >= 15 is 0 Å². The lowest BCUT2D eigenvalue weighted by Gasteiger charge is -2.23. The highest BCUT2D eigenvalue weighted by atomic mass is 32.1. The normalized spacial score (nSPS) is 12.3. The molecule has 15 heavy (non-hydrogen) atoms. The number of thiol groups is 1. The number of carbonyl (C=O) groups is 1. The van der Waals surface area contributed by atoms with Crippen molar-refractivity contribution >= 4 is 18.5 Å². The van der Waals surface area contributed by atoms with E-state index in [4.69, 9.17) is 0 Å². The fourth-order valence-electron chi connectivity index (χ4n) is 1.28. The van der Waals surface area contributed by atoms with E-state index in [-0.39, 0.29) is 11.9 Å². The fraction of sp³-hybridized carbons (Fsp3) is 0.417. The first-order valence-electron chi connectivity index (χ1n) is 5.12. The molecule has 2 nitrogen and oxygen atoms in total. The molecule has 0 aromatic heterocycles. The summed E-state index contributed by atoms with van der Waals surface area (Å²) in [4.78, 5) is 14.6. The maximum absolute atomic E-state index is 12.0. The molecule has 0 fully saturated rings. The maximum atomic E-state index is 12.0. The summed E-state index contributed by atoms with van der Waals surface area (Å²) in [7, 11) is 1.84. The highest BCUT2D eigenvalue weighted by Crippen LogP contribution is 2.11. The van der Waals surface area contributed by atoms with Gasteiger partial charge >= 0.3 is 0 Å². The van der Waals surface area contributed by atoms with Crippen molar-refractivity contribution in [2.75, 3.05) is 7.05 Å². The van der Waals surface area contributed by atoms with Gasteiger partial charge in [0.25, 0.3) is 5.91 Å². The Kier molecular flexibility index (Phi) is 4.21. The molecule has 0 spiro atoms. The zero-order valence-electron chi connectivity index (χ0n) is 9.40. The van der Waals surface area contributed by atoms with E-state index in [0.717, 1.165) is 16.9 Å². The molecule has 0 heterocycles. The highest BCUT2D eigenvalue weighted by Gasteiger charge is 2.15. The monoisotopic (exact) mass is 223 g/mol. The summed E-state index contributed by atoms with van der Waals surface area (Å²) in [5.74, 6) is 0.0673. The number of hydrogen-bond donors (Lipinski definition) is 1. The van der Waals surface area contributed by atoms with E-state index in [1.807, 2.05) is 38.2 Å². The van der Waals surface area contributed by atoms with Gasteiger partial charge in [0.15, 0.2) is 0 Å². The molecule has 1 rings (SSSR count). The van der Waals surface area contributed by atoms with Crippen LogP contribution in [0.3, 0.4) is 0 Å². The summed E-state index contributed by atoms with van der Waals surface area (Å²) in [6.07, 6.45) is 0.965. The third-order valence-electron chi connectivity index (χ3n) is 2.69. The zero-order chi connectivity index (χ0) is 11.4. The molecule has 82 valence electrons. The quantitative estimate of drug-likeness (QED) is 0.781. The van der Waals surface area contributed by atoms with Crippen molar-refractivity contribution in [1.82, 2.24) is 4.90 Å². The Hall–Kier alpha value is -0.960. The van der Waals surface area contributed by atoms with E-state index < -0.39 is 0 Å². The molecule has 1 atom stereocenters. The van der Waals surface area contributed by atoms with Crippen LogP contribution in [-0.4, -0.2) is 23.9 Å². The minimum atomic E-state index is 0.0673. The van der Waals surface area contributed by atoms with Crippen LogP contribution in [-0.2, 0) is 0 Å². The number of rotatable bonds is 3. The first kappa shape index (κ1) is 12.1. The Morgan fingerprint density at radius 3 is 2.40 bits per heavy atom. The Bertz CT molecular complexity index is 334. The van der Waals surface area contributed by atoms with Gasteiger partial charge in [-0.25, -0.2) is 0 Å². The zero-order valence-corrected chi connectivity index (χ0v) is 10.3. The van der Waals surface area contributed by atoms with Gasteiger partial charge in [0, 0.05) is 23.5 Å². The standard InChI is InChI=1S/C12H17NOS/c1-4-9(2)13(3)12(14)10-5-7-11(15)8-6-10/h5-9,15H,4H2,1-3H3. The lowest BCUT2D eigenvalue weighted by atomic mass is 10.1. The molecule has 0 aliphatic rings. The number of benzene rings is 1. The molecular weight excluding hydrogens is 206 g/mol. The van der Waals surface area contributed by atoms with Gasteiger partial charge in [0.2, 0.25) is 0 Å². The van der Waals surface area contributed by atoms with Crippen LogP contribution < -0.4 is 0 Å². The molecule has 1 aromatic rings. The second-order valence-corrected chi connectivity index (χ2v) is 4.24. The molecule has 0 aliphatic heterocycles. The Labute approximate surface area is 96.7 Å². The smallest absolute Gasteiger partial charge is 0.253 e. The third kappa shape index (κ3) is 2.99. The van der Waals surface area contributed by atoms with E-state index in [9.17, 15) is 4.79 Å². The molecule has 0 N–H and O–H groups in total. The van der Waals surface area contributed by atoms with Crippen LogP contribution in [0.25, 0.3) is 0 Å². The average Bonchev–Trinajstić information content (AvgIpc) is 2.27. The summed E-state index contributed by atoms with van der Waals surface area (Å²) in [6, 6.07) is 7.56. The average molecular weight is 223 g/mol. The van der Waals surface area contributed by atoms with Crippen LogP contribution in [0.5, 0.6) is 0 Å². The van der Waals surface area contributed by atoms with Gasteiger partial charge in [0.05, 0.1) is 0 Å². The van der Waals surface area contributed by atoms with Crippen LogP contribution in [0.4, 0.5) is 0 Å². The van der Waals surface area contributed by atoms with E-state index in [1.54, 1.807) is 4.90 Å². The van der Waals surface area contributed by atoms with Crippen LogP contribution in [0, 0.1) is 0 Å². The first-order valence-corrected chi connectivity index (χ1v) is 5.57. The minimum Gasteiger partial charge on any atom is -0.339 e. The number of nitrogens with zero attached hydrogens (tertiary/aromatic N) is 1. The summed E-state index contributed by atoms with van der Waals surface area (Å²) in [5.41, 5.74) is 0.718. The van der Waals surface area contributed by atoms with Crippen LogP contribution in [0.1, 0.15) is 30.6 Å². The van der Waals surface area contributed by atoms with Gasteiger partial charge in [-0.05, 0) is 37.6 Å². The van der Waals surface area contributed by atoms with E-state index in [1.165, 1.54) is 0 Å². The lowest BCUT2D eigenvalue weighted by Crippen LogP contribution is -2.34. The molecule has 1 unspecified atom stereocenters. The SMILES string of the molecule is CCC(C)N(C)C(=O)c1ccc(S)cc1. The molecule has 0 bridgehead atoms. The summed E-state index contributed by atoms with van der Waals surface area (Å²) in [5, 5.41) is 0. The van der Waals surface area contributed by atoms with Gasteiger partial charge in [-0.1, -0.05) is 6.92 Å². The van der Waals surface area contributed by atoms with E-state index in [2.05, 4.69) is 19.6 Å². The maximum Gasteiger partial charge on any atom is 0.253 e. The van der Waals surface area contributed by atoms with Crippen molar-refractivity contribution in [1.29, 1.82) is 0 Å². The van der Waals surface area contributed by atoms with Gasteiger partial charge in [0.1, 0.15) is 0 Å². The summed E-state index contributed by atoms with van der Waals surface area (Å²) < 4.78 is 0. The van der Waals surface area contributed by atoms with Gasteiger partial charge in [-0.3, -0.25) is 4.79 Å². The summed E-state index contributed by atoms with van der Waals surface area (Å²) in [6.45, 7) is 4.12. The fourth-order valence-corrected chi connectivity index (χ4v) is 1.43. The molecule has 0 saturated carbocycles. The third-order valence-corrected chi connectivity index (χ3v) is 2.98. The molecular formula is C12H17NOS. The van der Waals surface area contributed by atoms with Crippen LogP contribution >= 0.6 is 12.6 Å². The van der Waals surface area contributed by atoms with Crippen molar-refractivity contribution in [2.24, 2.45) is 0 Å². The summed E-state index contributed by atoms with van der Waals surface area (Å²) >= 11 is 4.19. The van der Waals surface area contributed by atoms with Crippen LogP contribution in [0.2, 0.25) is 0 Å². The predicted octanol–water partition coefficient (Wildman–Crippen LogP) is 2.85. The predicted molar refractivity (Wildman–Crippen MR) is 65.5 cm³/mol. The van der Waals surface area contributed by atoms with Crippen molar-refractivity contribution in [3.63, 3.8) is 0 Å². The number of carbonyl (C=O) groups excluding carboxylic acids is 1. The molecule has 1 amide bonds. The van der Waals surface area contributed by atoms with Crippen molar-refractivity contribution in [3.8, 4) is 0 Å². The first-order chi connectivity index (χ1) is 7.06. The van der Waals surface area contributed by atoms with Crippen molar-refractivity contribution < 1.29 is 4.79 Å². The van der Waals surface area contributed by atoms with Crippen molar-refractivity contribution in [2.45, 2.75) is 31.2 Å². The number of amides is 1. The highest BCUT2D eigenvalue weighted by molar-refractivity contribution is 7.80. The van der Waals surface area contributed by atoms with Crippen LogP contribution in [0.15, 0.2) is 29.2 Å². The Balaban J connectivity index is 2.80. The minimum absolute atomic E-state index is 0.0673. The molecule has 1 aromatic carbocycles.